The molecule has 1 saturated heterocycles. The van der Waals surface area contributed by atoms with Gasteiger partial charge in [0.2, 0.25) is 0 Å². The monoisotopic (exact) mass is 247 g/mol. The summed E-state index contributed by atoms with van der Waals surface area (Å²) in [7, 11) is 0. The van der Waals surface area contributed by atoms with E-state index in [1.807, 2.05) is 6.07 Å². The second-order valence-corrected chi connectivity index (χ2v) is 5.28. The average molecular weight is 247 g/mol. The van der Waals surface area contributed by atoms with Crippen molar-refractivity contribution in [2.24, 2.45) is 5.41 Å². The summed E-state index contributed by atoms with van der Waals surface area (Å²) in [6.45, 7) is 5.06. The second kappa shape index (κ2) is 5.36. The fourth-order valence-corrected chi connectivity index (χ4v) is 2.34. The van der Waals surface area contributed by atoms with Crippen molar-refractivity contribution < 1.29 is 4.39 Å². The standard InChI is InChI=1S/C14H18FN3/c1-14(3-2-4-17-9-14)10-18-13-6-11(8-16)5-12(15)7-13/h5-7,17-18H,2-4,9-10H2,1H3. The van der Waals surface area contributed by atoms with E-state index in [0.29, 0.717) is 11.3 Å². The van der Waals surface area contributed by atoms with Crippen LogP contribution < -0.4 is 10.6 Å². The zero-order chi connectivity index (χ0) is 13.0. The van der Waals surface area contributed by atoms with Crippen LogP contribution in [0.4, 0.5) is 10.1 Å². The van der Waals surface area contributed by atoms with Crippen LogP contribution in [0, 0.1) is 22.6 Å². The Labute approximate surface area is 107 Å². The number of nitrogens with one attached hydrogen (secondary N) is 2. The molecule has 3 nitrogen and oxygen atoms in total. The lowest BCUT2D eigenvalue weighted by atomic mass is 9.83. The van der Waals surface area contributed by atoms with E-state index in [2.05, 4.69) is 17.6 Å². The molecule has 0 radical (unpaired) electrons. The molecule has 1 aromatic carbocycles. The fourth-order valence-electron chi connectivity index (χ4n) is 2.34. The first kappa shape index (κ1) is 12.8. The third kappa shape index (κ3) is 3.21. The van der Waals surface area contributed by atoms with Crippen LogP contribution >= 0.6 is 0 Å². The number of halogens is 1. The highest BCUT2D eigenvalue weighted by molar-refractivity contribution is 5.49. The Bertz CT molecular complexity index is 459. The first-order chi connectivity index (χ1) is 8.61. The molecule has 0 saturated carbocycles. The molecule has 96 valence electrons. The van der Waals surface area contributed by atoms with Gasteiger partial charge in [0.05, 0.1) is 11.6 Å². The first-order valence-corrected chi connectivity index (χ1v) is 6.27. The van der Waals surface area contributed by atoms with Crippen LogP contribution in [-0.2, 0) is 0 Å². The predicted molar refractivity (Wildman–Crippen MR) is 69.8 cm³/mol. The molecule has 1 fully saturated rings. The molecular formula is C14H18FN3. The number of piperidine rings is 1. The third-order valence-corrected chi connectivity index (χ3v) is 3.43. The Morgan fingerprint density at radius 3 is 3.00 bits per heavy atom. The lowest BCUT2D eigenvalue weighted by Gasteiger charge is -2.34. The van der Waals surface area contributed by atoms with E-state index >= 15 is 0 Å². The maximum absolute atomic E-state index is 13.3. The van der Waals surface area contributed by atoms with Gasteiger partial charge in [-0.1, -0.05) is 6.92 Å². The number of nitriles is 1. The lowest BCUT2D eigenvalue weighted by molar-refractivity contribution is 0.253. The van der Waals surface area contributed by atoms with Crippen molar-refractivity contribution in [3.63, 3.8) is 0 Å². The van der Waals surface area contributed by atoms with Gasteiger partial charge in [-0.2, -0.15) is 5.26 Å². The topological polar surface area (TPSA) is 47.9 Å². The van der Waals surface area contributed by atoms with E-state index in [1.165, 1.54) is 18.6 Å². The molecule has 1 aliphatic rings. The molecular weight excluding hydrogens is 229 g/mol. The van der Waals surface area contributed by atoms with Crippen LogP contribution in [-0.4, -0.2) is 19.6 Å². The predicted octanol–water partition coefficient (Wildman–Crippen LogP) is 2.50. The molecule has 0 aliphatic carbocycles. The Balaban J connectivity index is 2.01. The van der Waals surface area contributed by atoms with E-state index in [1.54, 1.807) is 6.07 Å². The van der Waals surface area contributed by atoms with E-state index in [-0.39, 0.29) is 11.2 Å². The Hall–Kier alpha value is -1.60. The summed E-state index contributed by atoms with van der Waals surface area (Å²) >= 11 is 0. The van der Waals surface area contributed by atoms with Crippen LogP contribution in [0.15, 0.2) is 18.2 Å². The van der Waals surface area contributed by atoms with Crippen molar-refractivity contribution in [1.29, 1.82) is 5.26 Å². The summed E-state index contributed by atoms with van der Waals surface area (Å²) in [5.74, 6) is -0.372. The molecule has 2 rings (SSSR count). The van der Waals surface area contributed by atoms with Crippen LogP contribution in [0.2, 0.25) is 0 Å². The highest BCUT2D eigenvalue weighted by Crippen LogP contribution is 2.26. The maximum atomic E-state index is 13.3. The first-order valence-electron chi connectivity index (χ1n) is 6.27. The largest absolute Gasteiger partial charge is 0.384 e. The fraction of sp³-hybridized carbons (Fsp3) is 0.500. The molecule has 1 heterocycles. The zero-order valence-electron chi connectivity index (χ0n) is 10.6. The van der Waals surface area contributed by atoms with Gasteiger partial charge >= 0.3 is 0 Å². The number of hydrogen-bond acceptors (Lipinski definition) is 3. The van der Waals surface area contributed by atoms with Crippen molar-refractivity contribution >= 4 is 5.69 Å². The van der Waals surface area contributed by atoms with E-state index in [0.717, 1.165) is 26.1 Å². The lowest BCUT2D eigenvalue weighted by Crippen LogP contribution is -2.42. The van der Waals surface area contributed by atoms with Gasteiger partial charge in [0.15, 0.2) is 0 Å². The van der Waals surface area contributed by atoms with Crippen molar-refractivity contribution in [2.75, 3.05) is 25.0 Å². The van der Waals surface area contributed by atoms with Crippen LogP contribution in [0.25, 0.3) is 0 Å². The maximum Gasteiger partial charge on any atom is 0.126 e. The quantitative estimate of drug-likeness (QED) is 0.862. The number of anilines is 1. The van der Waals surface area contributed by atoms with Crippen molar-refractivity contribution in [3.05, 3.63) is 29.6 Å². The van der Waals surface area contributed by atoms with Crippen LogP contribution in [0.3, 0.4) is 0 Å². The van der Waals surface area contributed by atoms with E-state index < -0.39 is 0 Å². The second-order valence-electron chi connectivity index (χ2n) is 5.28. The van der Waals surface area contributed by atoms with Gasteiger partial charge in [0.25, 0.3) is 0 Å². The highest BCUT2D eigenvalue weighted by atomic mass is 19.1. The van der Waals surface area contributed by atoms with Crippen molar-refractivity contribution in [2.45, 2.75) is 19.8 Å². The normalized spacial score (nSPS) is 23.4. The van der Waals surface area contributed by atoms with Gasteiger partial charge < -0.3 is 10.6 Å². The minimum atomic E-state index is -0.372. The summed E-state index contributed by atoms with van der Waals surface area (Å²) in [5.41, 5.74) is 1.22. The third-order valence-electron chi connectivity index (χ3n) is 3.43. The number of hydrogen-bond donors (Lipinski definition) is 2. The van der Waals surface area contributed by atoms with Gasteiger partial charge in [-0.3, -0.25) is 0 Å². The van der Waals surface area contributed by atoms with Gasteiger partial charge in [-0.25, -0.2) is 4.39 Å². The molecule has 1 aliphatic heterocycles. The number of benzene rings is 1. The molecule has 0 aromatic heterocycles. The van der Waals surface area contributed by atoms with Gasteiger partial charge in [0.1, 0.15) is 5.82 Å². The van der Waals surface area contributed by atoms with Gasteiger partial charge in [-0.15, -0.1) is 0 Å². The number of rotatable bonds is 3. The molecule has 0 bridgehead atoms. The van der Waals surface area contributed by atoms with Crippen molar-refractivity contribution in [3.8, 4) is 6.07 Å². The summed E-state index contributed by atoms with van der Waals surface area (Å²) in [6, 6.07) is 6.32. The molecule has 1 unspecified atom stereocenters. The Kier molecular flexibility index (Phi) is 3.83. The summed E-state index contributed by atoms with van der Waals surface area (Å²) < 4.78 is 13.3. The summed E-state index contributed by atoms with van der Waals surface area (Å²) in [5, 5.41) is 15.4. The molecule has 0 amide bonds. The molecule has 1 aromatic rings. The van der Waals surface area contributed by atoms with E-state index in [4.69, 9.17) is 5.26 Å². The van der Waals surface area contributed by atoms with Crippen LogP contribution in [0.1, 0.15) is 25.3 Å². The van der Waals surface area contributed by atoms with E-state index in [9.17, 15) is 4.39 Å². The summed E-state index contributed by atoms with van der Waals surface area (Å²) in [4.78, 5) is 0. The molecule has 0 spiro atoms. The van der Waals surface area contributed by atoms with Gasteiger partial charge in [0, 0.05) is 18.8 Å². The minimum Gasteiger partial charge on any atom is -0.384 e. The molecule has 1 atom stereocenters. The number of nitrogens with zero attached hydrogens (tertiary/aromatic N) is 1. The smallest absolute Gasteiger partial charge is 0.126 e. The summed E-state index contributed by atoms with van der Waals surface area (Å²) in [6.07, 6.45) is 2.33. The molecule has 2 N–H and O–H groups in total. The van der Waals surface area contributed by atoms with Crippen LogP contribution in [0.5, 0.6) is 0 Å². The Morgan fingerprint density at radius 1 is 1.50 bits per heavy atom. The Morgan fingerprint density at radius 2 is 2.33 bits per heavy atom. The average Bonchev–Trinajstić information content (AvgIpc) is 2.37. The highest BCUT2D eigenvalue weighted by Gasteiger charge is 2.26. The van der Waals surface area contributed by atoms with Gasteiger partial charge in [-0.05, 0) is 43.0 Å². The SMILES string of the molecule is CC1(CNc2cc(F)cc(C#N)c2)CCCNC1. The zero-order valence-corrected chi connectivity index (χ0v) is 10.6. The molecule has 4 heteroatoms. The van der Waals surface area contributed by atoms with Crippen molar-refractivity contribution in [1.82, 2.24) is 5.32 Å². The minimum absolute atomic E-state index is 0.192. The molecule has 18 heavy (non-hydrogen) atoms.